The Balaban J connectivity index is 0.000000325. The van der Waals surface area contributed by atoms with Crippen molar-refractivity contribution >= 4 is 0 Å². The second-order valence-electron chi connectivity index (χ2n) is 36.4. The van der Waals surface area contributed by atoms with Crippen LogP contribution >= 0.6 is 0 Å². The van der Waals surface area contributed by atoms with Gasteiger partial charge in [0, 0.05) is 34.0 Å². The highest BCUT2D eigenvalue weighted by atomic mass is 16.5. The molecule has 0 spiro atoms. The molecule has 11 rings (SSSR count). The highest BCUT2D eigenvalue weighted by Crippen LogP contribution is 2.35. The Labute approximate surface area is 825 Å². The van der Waals surface area contributed by atoms with E-state index in [1.54, 1.807) is 21.3 Å². The lowest BCUT2D eigenvalue weighted by atomic mass is 9.81. The van der Waals surface area contributed by atoms with E-state index in [2.05, 4.69) is 209 Å². The van der Waals surface area contributed by atoms with Crippen molar-refractivity contribution in [2.45, 2.75) is 338 Å². The van der Waals surface area contributed by atoms with Gasteiger partial charge in [0.05, 0.1) is 77.3 Å². The molecule has 15 heteroatoms. The predicted molar refractivity (Wildman–Crippen MR) is 568 cm³/mol. The van der Waals surface area contributed by atoms with E-state index in [9.17, 15) is 15.3 Å². The Morgan fingerprint density at radius 1 is 0.331 bits per heavy atom. The van der Waals surface area contributed by atoms with Crippen molar-refractivity contribution in [1.82, 2.24) is 0 Å². The Bertz CT molecular complexity index is 4280. The number of aryl methyl sites for hydroxylation is 9. The fourth-order valence-corrected chi connectivity index (χ4v) is 15.0. The van der Waals surface area contributed by atoms with Gasteiger partial charge in [-0.3, -0.25) is 0 Å². The minimum absolute atomic E-state index is 0.166. The van der Waals surface area contributed by atoms with Crippen LogP contribution in [0.15, 0.2) is 218 Å². The van der Waals surface area contributed by atoms with Crippen LogP contribution in [-0.2, 0) is 67.3 Å². The molecule has 4 N–H and O–H groups in total. The summed E-state index contributed by atoms with van der Waals surface area (Å²) in [5, 5.41) is 38.7. The van der Waals surface area contributed by atoms with Gasteiger partial charge in [0.25, 0.3) is 0 Å². The molecule has 2 aliphatic carbocycles. The topological polar surface area (TPSA) is 182 Å². The van der Waals surface area contributed by atoms with Crippen molar-refractivity contribution in [3.8, 4) is 51.7 Å². The third-order valence-corrected chi connectivity index (χ3v) is 23.4. The first-order chi connectivity index (χ1) is 66.3. The number of methoxy groups -OCH3 is 3. The minimum atomic E-state index is -0.425. The third kappa shape index (κ3) is 58.6. The molecule has 0 radical (unpaired) electrons. The van der Waals surface area contributed by atoms with E-state index in [-0.39, 0.29) is 18.3 Å². The maximum atomic E-state index is 10.6. The van der Waals surface area contributed by atoms with Gasteiger partial charge >= 0.3 is 0 Å². The first-order valence-corrected chi connectivity index (χ1v) is 52.4. The van der Waals surface area contributed by atoms with Crippen LogP contribution in [0.25, 0.3) is 0 Å². The highest BCUT2D eigenvalue weighted by molar-refractivity contribution is 5.37. The standard InChI is InChI=1S/C18H22O2.C18H28O2.2C15H24O2.2C14H22O2.C14H20O.C13H20O2/c1-3-13-20-17-9-6-7-15(14-17)11-12-16-8-4-5-10-18(16)19-2;1-3-15(2)20-17-9-7-8-16(14-17)10-13-18(19)11-5-4-6-12-18;1-4-10-17-14-7-5-6-13(11-14)8-9-15(16)12(2)3;1-3-6-14(16)10-9-13-7-5-8-15(12-13)17-11-4-2;1-3-10-16-14-9-6-8-13(12-14)7-4-5-11-15-2;1-2-11-16-14-9-6-8-13(12-14)7-4-3-5-10-15;1-2-10-15-14-5-3-4-13(11-14)9-8-12-6-7-12;1-3-9-15-13-8-4-6-12(11-13)7-5-10-14-2/h4-10,14H,3,11-13H2,1-2H3;7-9,14-15,19H,3-6,10-13H2,1-2H3;5-7,11-12,15-16H,4,8-10H2,1-3H3;5,7-8,12,14,16H,3-4,6,9-11H2,1-2H3;6,8-9,12H,3-5,7,10-11H2,1-2H3;6,8-9,12,15H,2-5,7,10-11H2,1H3;3-5,11-12H,2,6-10H2,1H3;4,6,8,11H,3,5,7,9-10H2,1-2H3/t;15-;;;;;;/m.0....../s1. The monoisotopic (exact) mass is 1880 g/mol. The summed E-state index contributed by atoms with van der Waals surface area (Å²) >= 11 is 0. The number of unbranched alkanes of at least 4 members (excludes halogenated alkanes) is 3. The third-order valence-electron chi connectivity index (χ3n) is 23.4. The molecule has 9 aromatic rings. The van der Waals surface area contributed by atoms with Gasteiger partial charge in [-0.1, -0.05) is 236 Å². The second kappa shape index (κ2) is 77.8. The van der Waals surface area contributed by atoms with Crippen molar-refractivity contribution in [2.24, 2.45) is 11.8 Å². The second-order valence-corrected chi connectivity index (χ2v) is 36.4. The molecule has 3 atom stereocenters. The normalized spacial score (nSPS) is 12.8. The van der Waals surface area contributed by atoms with Crippen LogP contribution < -0.4 is 42.6 Å². The number of rotatable bonds is 57. The molecule has 0 aliphatic heterocycles. The van der Waals surface area contributed by atoms with Crippen LogP contribution in [0.5, 0.6) is 51.7 Å². The lowest BCUT2D eigenvalue weighted by molar-refractivity contribution is -0.00345. The van der Waals surface area contributed by atoms with Crippen molar-refractivity contribution in [1.29, 1.82) is 0 Å². The Morgan fingerprint density at radius 3 is 1.06 bits per heavy atom. The van der Waals surface area contributed by atoms with Gasteiger partial charge in [-0.15, -0.1) is 0 Å². The maximum Gasteiger partial charge on any atom is 0.122 e. The molecular weight excluding hydrogens is 1690 g/mol. The molecule has 2 aliphatic rings. The van der Waals surface area contributed by atoms with Gasteiger partial charge in [-0.2, -0.15) is 0 Å². The quantitative estimate of drug-likeness (QED) is 0.0264. The molecule has 2 saturated carbocycles. The van der Waals surface area contributed by atoms with Gasteiger partial charge in [0.1, 0.15) is 51.7 Å². The number of hydrogen-bond donors (Lipinski definition) is 4. The highest BCUT2D eigenvalue weighted by Gasteiger charge is 2.29. The van der Waals surface area contributed by atoms with E-state index in [0.717, 1.165) is 297 Å². The van der Waals surface area contributed by atoms with E-state index in [4.69, 9.17) is 57.2 Å². The lowest BCUT2D eigenvalue weighted by Crippen LogP contribution is -2.31. The van der Waals surface area contributed by atoms with Crippen LogP contribution in [0.1, 0.15) is 307 Å². The zero-order chi connectivity index (χ0) is 98.5. The average molecular weight is 1880 g/mol. The van der Waals surface area contributed by atoms with Crippen LogP contribution in [0.2, 0.25) is 0 Å². The van der Waals surface area contributed by atoms with E-state index >= 15 is 0 Å². The summed E-state index contributed by atoms with van der Waals surface area (Å²) in [6.45, 7) is 32.7. The van der Waals surface area contributed by atoms with Crippen molar-refractivity contribution in [2.75, 3.05) is 87.4 Å². The molecule has 15 nitrogen and oxygen atoms in total. The van der Waals surface area contributed by atoms with E-state index in [0.29, 0.717) is 12.5 Å². The van der Waals surface area contributed by atoms with E-state index in [1.165, 1.54) is 101 Å². The van der Waals surface area contributed by atoms with Gasteiger partial charge in [0.15, 0.2) is 0 Å². The molecule has 2 unspecified atom stereocenters. The summed E-state index contributed by atoms with van der Waals surface area (Å²) in [6, 6.07) is 74.8. The summed E-state index contributed by atoms with van der Waals surface area (Å²) < 4.78 is 60.5. The summed E-state index contributed by atoms with van der Waals surface area (Å²) in [5.74, 6) is 10.1. The fraction of sp³-hybridized carbons (Fsp3) is 0.554. The van der Waals surface area contributed by atoms with Crippen molar-refractivity contribution < 1.29 is 72.5 Å². The molecule has 0 heterocycles. The first kappa shape index (κ1) is 119. The Kier molecular flexibility index (Phi) is 68.2. The lowest BCUT2D eigenvalue weighted by Gasteiger charge is -2.32. The fourth-order valence-electron chi connectivity index (χ4n) is 15.0. The zero-order valence-corrected chi connectivity index (χ0v) is 87.0. The largest absolute Gasteiger partial charge is 0.496 e. The van der Waals surface area contributed by atoms with Crippen LogP contribution in [0, 0.1) is 11.8 Å². The molecule has 0 saturated heterocycles. The molecule has 0 amide bonds. The van der Waals surface area contributed by atoms with Crippen LogP contribution in [0.4, 0.5) is 0 Å². The molecule has 136 heavy (non-hydrogen) atoms. The van der Waals surface area contributed by atoms with Crippen LogP contribution in [-0.4, -0.2) is 132 Å². The summed E-state index contributed by atoms with van der Waals surface area (Å²) in [7, 11) is 5.21. The molecule has 0 aromatic heterocycles. The zero-order valence-electron chi connectivity index (χ0n) is 87.0. The van der Waals surface area contributed by atoms with Gasteiger partial charge in [-0.25, -0.2) is 0 Å². The molecule has 0 bridgehead atoms. The molecular formula is C121H182O15. The van der Waals surface area contributed by atoms with Crippen molar-refractivity contribution in [3.63, 3.8) is 0 Å². The summed E-state index contributed by atoms with van der Waals surface area (Å²) in [6.07, 6.45) is 38.2. The smallest absolute Gasteiger partial charge is 0.122 e. The van der Waals surface area contributed by atoms with Gasteiger partial charge in [-0.05, 0) is 358 Å². The number of ether oxygens (including phenoxy) is 11. The first-order valence-electron chi connectivity index (χ1n) is 52.4. The van der Waals surface area contributed by atoms with Crippen LogP contribution in [0.3, 0.4) is 0 Å². The number of aliphatic hydroxyl groups is 4. The van der Waals surface area contributed by atoms with Gasteiger partial charge in [0.2, 0.25) is 0 Å². The number of para-hydroxylation sites is 1. The minimum Gasteiger partial charge on any atom is -0.496 e. The average Bonchev–Trinajstić information content (AvgIpc) is 1.15. The maximum absolute atomic E-state index is 10.6. The molecule has 2 fully saturated rings. The molecule has 756 valence electrons. The number of benzene rings is 9. The Morgan fingerprint density at radius 2 is 0.684 bits per heavy atom. The van der Waals surface area contributed by atoms with E-state index < -0.39 is 5.60 Å². The van der Waals surface area contributed by atoms with Gasteiger partial charge < -0.3 is 72.5 Å². The summed E-state index contributed by atoms with van der Waals surface area (Å²) in [4.78, 5) is 0. The number of aliphatic hydroxyl groups excluding tert-OH is 3. The Hall–Kier alpha value is -9.06. The number of hydrogen-bond acceptors (Lipinski definition) is 15. The summed E-state index contributed by atoms with van der Waals surface area (Å²) in [5.41, 5.74) is 11.3. The van der Waals surface area contributed by atoms with Crippen molar-refractivity contribution in [3.05, 3.63) is 268 Å². The predicted octanol–water partition coefficient (Wildman–Crippen LogP) is 29.3. The molecule has 9 aromatic carbocycles. The van der Waals surface area contributed by atoms with E-state index in [1.807, 2.05) is 92.7 Å². The SMILES string of the molecule is CCCOc1cccc(CCC(O)C(C)C)c1.CCCOc1cccc(CCC(O)CCC)c1.CCCOc1cccc(CCC2CC2)c1.CCCOc1cccc(CCCCCO)c1.CCCOc1cccc(CCCCOC)c1.CCCOc1cccc(CCCOC)c1.CCCOc1cccc(CCc2ccccc2OC)c1.CC[C@H](C)Oc1cccc(CCC2(O)CCCCC2)c1.